The van der Waals surface area contributed by atoms with Crippen molar-refractivity contribution < 1.29 is 22.7 Å². The second-order valence-electron chi connectivity index (χ2n) is 6.30. The number of carbonyl (C=O) groups is 1. The third kappa shape index (κ3) is 7.06. The fraction of sp³-hybridized carbons (Fsp3) is 0.381. The molecule has 6 heteroatoms. The Labute approximate surface area is 157 Å². The number of alkyl halides is 3. The van der Waals surface area contributed by atoms with Crippen LogP contribution in [0.15, 0.2) is 60.7 Å². The fourth-order valence-electron chi connectivity index (χ4n) is 2.74. The monoisotopic (exact) mass is 379 g/mol. The smallest absolute Gasteiger partial charge is 0.359 e. The molecular weight excluding hydrogens is 355 g/mol. The maximum Gasteiger partial charge on any atom is 0.406 e. The highest BCUT2D eigenvalue weighted by molar-refractivity contribution is 5.77. The molecule has 0 atom stereocenters. The minimum Gasteiger partial charge on any atom is -0.359 e. The number of unbranched alkanes of at least 4 members (excludes halogenated alkanes) is 1. The molecule has 0 saturated heterocycles. The van der Waals surface area contributed by atoms with Crippen LogP contribution in [0.1, 0.15) is 37.0 Å². The first-order valence-electron chi connectivity index (χ1n) is 8.96. The van der Waals surface area contributed by atoms with Crippen LogP contribution in [-0.4, -0.2) is 36.7 Å². The van der Waals surface area contributed by atoms with Gasteiger partial charge in [-0.3, -0.25) is 4.79 Å². The van der Waals surface area contributed by atoms with Crippen molar-refractivity contribution in [3.8, 4) is 0 Å². The number of hydrogen-bond acceptors (Lipinski definition) is 2. The molecule has 0 unspecified atom stereocenters. The van der Waals surface area contributed by atoms with E-state index in [9.17, 15) is 18.0 Å². The zero-order chi connectivity index (χ0) is 19.7. The largest absolute Gasteiger partial charge is 0.406 e. The number of rotatable bonds is 9. The Bertz CT molecular complexity index is 650. The molecule has 146 valence electrons. The van der Waals surface area contributed by atoms with Crippen molar-refractivity contribution in [2.75, 3.05) is 19.7 Å². The highest BCUT2D eigenvalue weighted by atomic mass is 19.4. The normalized spacial score (nSPS) is 11.6. The van der Waals surface area contributed by atoms with Gasteiger partial charge in [0.2, 0.25) is 5.91 Å². The summed E-state index contributed by atoms with van der Waals surface area (Å²) in [5, 5.41) is 0. The Morgan fingerprint density at radius 1 is 1.00 bits per heavy atom. The molecule has 27 heavy (non-hydrogen) atoms. The zero-order valence-corrected chi connectivity index (χ0v) is 15.3. The van der Waals surface area contributed by atoms with Gasteiger partial charge in [0.25, 0.3) is 0 Å². The summed E-state index contributed by atoms with van der Waals surface area (Å²) in [4.78, 5) is 13.2. The van der Waals surface area contributed by atoms with Crippen LogP contribution in [-0.2, 0) is 9.53 Å². The number of ether oxygens (including phenoxy) is 1. The molecule has 0 aromatic heterocycles. The minimum absolute atomic E-state index is 0.0690. The molecule has 2 rings (SSSR count). The molecule has 0 aliphatic heterocycles. The topological polar surface area (TPSA) is 29.5 Å². The Morgan fingerprint density at radius 2 is 1.52 bits per heavy atom. The SMILES string of the molecule is CCCCN(CC(F)(F)F)C(=O)COC(c1ccccc1)c1ccccc1. The lowest BCUT2D eigenvalue weighted by molar-refractivity contribution is -0.164. The lowest BCUT2D eigenvalue weighted by atomic mass is 10.0. The van der Waals surface area contributed by atoms with Crippen LogP contribution >= 0.6 is 0 Å². The van der Waals surface area contributed by atoms with Crippen LogP contribution in [0.2, 0.25) is 0 Å². The van der Waals surface area contributed by atoms with Crippen LogP contribution in [0.3, 0.4) is 0 Å². The summed E-state index contributed by atoms with van der Waals surface area (Å²) in [6.45, 7) is 0.276. The van der Waals surface area contributed by atoms with Gasteiger partial charge in [-0.15, -0.1) is 0 Å². The predicted molar refractivity (Wildman–Crippen MR) is 98.2 cm³/mol. The number of nitrogens with zero attached hydrogens (tertiary/aromatic N) is 1. The lowest BCUT2D eigenvalue weighted by Crippen LogP contribution is -2.41. The van der Waals surface area contributed by atoms with Gasteiger partial charge in [0.1, 0.15) is 19.3 Å². The van der Waals surface area contributed by atoms with E-state index in [1.165, 1.54) is 0 Å². The number of benzene rings is 2. The molecule has 2 aromatic rings. The van der Waals surface area contributed by atoms with E-state index in [1.54, 1.807) is 0 Å². The molecule has 0 spiro atoms. The van der Waals surface area contributed by atoms with E-state index < -0.39 is 31.3 Å². The quantitative estimate of drug-likeness (QED) is 0.615. The van der Waals surface area contributed by atoms with Crippen LogP contribution in [0.25, 0.3) is 0 Å². The highest BCUT2D eigenvalue weighted by Gasteiger charge is 2.33. The van der Waals surface area contributed by atoms with E-state index in [-0.39, 0.29) is 6.54 Å². The van der Waals surface area contributed by atoms with Crippen molar-refractivity contribution in [3.05, 3.63) is 71.8 Å². The van der Waals surface area contributed by atoms with Crippen LogP contribution in [0.4, 0.5) is 13.2 Å². The molecule has 1 amide bonds. The van der Waals surface area contributed by atoms with E-state index >= 15 is 0 Å². The molecule has 0 heterocycles. The molecular formula is C21H24F3NO2. The molecule has 0 fully saturated rings. The van der Waals surface area contributed by atoms with Gasteiger partial charge in [-0.1, -0.05) is 74.0 Å². The maximum absolute atomic E-state index is 12.8. The van der Waals surface area contributed by atoms with Gasteiger partial charge in [0.05, 0.1) is 0 Å². The van der Waals surface area contributed by atoms with Crippen molar-refractivity contribution in [3.63, 3.8) is 0 Å². The van der Waals surface area contributed by atoms with Gasteiger partial charge in [-0.05, 0) is 17.5 Å². The van der Waals surface area contributed by atoms with Crippen molar-refractivity contribution in [2.24, 2.45) is 0 Å². The van der Waals surface area contributed by atoms with Crippen LogP contribution in [0.5, 0.6) is 0 Å². The lowest BCUT2D eigenvalue weighted by Gasteiger charge is -2.25. The van der Waals surface area contributed by atoms with E-state index in [0.29, 0.717) is 12.8 Å². The van der Waals surface area contributed by atoms with E-state index in [2.05, 4.69) is 0 Å². The number of halogens is 3. The Balaban J connectivity index is 2.11. The molecule has 0 aliphatic carbocycles. The average Bonchev–Trinajstić information content (AvgIpc) is 2.66. The average molecular weight is 379 g/mol. The van der Waals surface area contributed by atoms with Gasteiger partial charge in [-0.2, -0.15) is 13.2 Å². The van der Waals surface area contributed by atoms with E-state index in [0.717, 1.165) is 16.0 Å². The minimum atomic E-state index is -4.43. The molecule has 0 bridgehead atoms. The third-order valence-electron chi connectivity index (χ3n) is 4.08. The number of hydrogen-bond donors (Lipinski definition) is 0. The van der Waals surface area contributed by atoms with Gasteiger partial charge in [-0.25, -0.2) is 0 Å². The summed E-state index contributed by atoms with van der Waals surface area (Å²) in [6.07, 6.45) is -3.72. The zero-order valence-electron chi connectivity index (χ0n) is 15.3. The predicted octanol–water partition coefficient (Wildman–Crippen LogP) is 4.98. The van der Waals surface area contributed by atoms with Gasteiger partial charge >= 0.3 is 6.18 Å². The van der Waals surface area contributed by atoms with Crippen LogP contribution in [0, 0.1) is 0 Å². The van der Waals surface area contributed by atoms with Gasteiger partial charge in [0, 0.05) is 6.54 Å². The molecule has 0 N–H and O–H groups in total. The van der Waals surface area contributed by atoms with Crippen LogP contribution < -0.4 is 0 Å². The first kappa shape index (κ1) is 21.0. The van der Waals surface area contributed by atoms with Crippen molar-refractivity contribution in [2.45, 2.75) is 32.0 Å². The van der Waals surface area contributed by atoms with Gasteiger partial charge in [0.15, 0.2) is 0 Å². The van der Waals surface area contributed by atoms with E-state index in [4.69, 9.17) is 4.74 Å². The summed E-state index contributed by atoms with van der Waals surface area (Å²) < 4.78 is 44.2. The maximum atomic E-state index is 12.8. The standard InChI is InChI=1S/C21H24F3NO2/c1-2-3-14-25(16-21(22,23)24)19(26)15-27-20(17-10-6-4-7-11-17)18-12-8-5-9-13-18/h4-13,20H,2-3,14-16H2,1H3. The first-order valence-corrected chi connectivity index (χ1v) is 8.96. The van der Waals surface area contributed by atoms with Crippen molar-refractivity contribution in [1.29, 1.82) is 0 Å². The number of amides is 1. The second-order valence-corrected chi connectivity index (χ2v) is 6.30. The number of carbonyl (C=O) groups excluding carboxylic acids is 1. The summed E-state index contributed by atoms with van der Waals surface area (Å²) in [6, 6.07) is 18.6. The Kier molecular flexibility index (Phi) is 7.85. The fourth-order valence-corrected chi connectivity index (χ4v) is 2.74. The van der Waals surface area contributed by atoms with Crippen molar-refractivity contribution >= 4 is 5.91 Å². The Morgan fingerprint density at radius 3 is 1.96 bits per heavy atom. The Hall–Kier alpha value is -2.34. The van der Waals surface area contributed by atoms with Crippen molar-refractivity contribution in [1.82, 2.24) is 4.90 Å². The van der Waals surface area contributed by atoms with Gasteiger partial charge < -0.3 is 9.64 Å². The summed E-state index contributed by atoms with van der Waals surface area (Å²) in [5.41, 5.74) is 1.68. The highest BCUT2D eigenvalue weighted by Crippen LogP contribution is 2.26. The molecule has 0 saturated carbocycles. The van der Waals surface area contributed by atoms with E-state index in [1.807, 2.05) is 67.6 Å². The molecule has 3 nitrogen and oxygen atoms in total. The summed E-state index contributed by atoms with van der Waals surface area (Å²) >= 11 is 0. The second kappa shape index (κ2) is 10.1. The third-order valence-corrected chi connectivity index (χ3v) is 4.08. The first-order chi connectivity index (χ1) is 12.9. The molecule has 2 aromatic carbocycles. The molecule has 0 aliphatic rings. The molecule has 0 radical (unpaired) electrons. The summed E-state index contributed by atoms with van der Waals surface area (Å²) in [7, 11) is 0. The summed E-state index contributed by atoms with van der Waals surface area (Å²) in [5.74, 6) is -0.655.